The van der Waals surface area contributed by atoms with Crippen molar-refractivity contribution in [2.75, 3.05) is 7.11 Å². The molecule has 5 rings (SSSR count). The van der Waals surface area contributed by atoms with Crippen molar-refractivity contribution in [3.63, 3.8) is 0 Å². The number of esters is 1. The van der Waals surface area contributed by atoms with Crippen LogP contribution in [0.25, 0.3) is 0 Å². The van der Waals surface area contributed by atoms with Crippen LogP contribution in [0.5, 0.6) is 5.95 Å². The molecule has 31 heavy (non-hydrogen) atoms. The molecule has 1 saturated carbocycles. The minimum atomic E-state index is -0.559. The third kappa shape index (κ3) is 3.74. The monoisotopic (exact) mass is 419 g/mol. The largest absolute Gasteiger partial charge is 0.463 e. The van der Waals surface area contributed by atoms with Crippen LogP contribution in [0.2, 0.25) is 0 Å². The number of carbonyl (C=O) groups is 1. The number of halogens is 1. The van der Waals surface area contributed by atoms with Crippen LogP contribution >= 0.6 is 0 Å². The van der Waals surface area contributed by atoms with Crippen molar-refractivity contribution in [2.45, 2.75) is 32.1 Å². The minimum Gasteiger partial charge on any atom is -0.463 e. The standard InChI is InChI=1S/C25H22FNO4/c1-29-25(28)21-11-12-22(31-21)30-20-10-9-16(13-15-5-4-6-17(26)14-15)23-18-7-2-3-8-19(18)27-24(20)23/h4-6,9-12,14,16H,2-3,7-8,13H2,1H3. The van der Waals surface area contributed by atoms with Gasteiger partial charge in [0, 0.05) is 17.7 Å². The molecule has 1 fully saturated rings. The molecule has 158 valence electrons. The summed E-state index contributed by atoms with van der Waals surface area (Å²) in [6.45, 7) is 0. The zero-order valence-corrected chi connectivity index (χ0v) is 17.2. The number of rotatable bonds is 5. The SMILES string of the molecule is COC(=O)c1ccc(OC2=C3N=C4CCCCC4=C3C(Cc3cccc(F)c3)C=C2)o1. The van der Waals surface area contributed by atoms with Crippen molar-refractivity contribution in [2.24, 2.45) is 10.9 Å². The second-order valence-corrected chi connectivity index (χ2v) is 7.88. The third-order valence-corrected chi connectivity index (χ3v) is 5.87. The highest BCUT2D eigenvalue weighted by Gasteiger charge is 2.34. The topological polar surface area (TPSA) is 61.0 Å². The summed E-state index contributed by atoms with van der Waals surface area (Å²) in [5, 5.41) is 0. The number of nitrogens with zero attached hydrogens (tertiary/aromatic N) is 1. The van der Waals surface area contributed by atoms with E-state index in [1.807, 2.05) is 12.1 Å². The van der Waals surface area contributed by atoms with Crippen LogP contribution in [0.3, 0.4) is 0 Å². The first-order chi connectivity index (χ1) is 15.1. The van der Waals surface area contributed by atoms with Gasteiger partial charge < -0.3 is 13.9 Å². The molecule has 2 heterocycles. The highest BCUT2D eigenvalue weighted by molar-refractivity contribution is 6.05. The summed E-state index contributed by atoms with van der Waals surface area (Å²) in [5.41, 5.74) is 5.34. The lowest BCUT2D eigenvalue weighted by Crippen LogP contribution is -2.15. The summed E-state index contributed by atoms with van der Waals surface area (Å²) in [5.74, 6) is 0.186. The Balaban J connectivity index is 1.48. The van der Waals surface area contributed by atoms with Gasteiger partial charge in [-0.05, 0) is 73.1 Å². The van der Waals surface area contributed by atoms with E-state index in [9.17, 15) is 9.18 Å². The van der Waals surface area contributed by atoms with Gasteiger partial charge in [0.1, 0.15) is 11.5 Å². The van der Waals surface area contributed by atoms with Gasteiger partial charge in [-0.1, -0.05) is 18.2 Å². The van der Waals surface area contributed by atoms with E-state index in [2.05, 4.69) is 10.8 Å². The van der Waals surface area contributed by atoms with Gasteiger partial charge in [-0.25, -0.2) is 14.2 Å². The fraction of sp³-hybridized carbons (Fsp3) is 0.280. The number of hydrogen-bond acceptors (Lipinski definition) is 5. The fourth-order valence-corrected chi connectivity index (χ4v) is 4.47. The highest BCUT2D eigenvalue weighted by atomic mass is 19.1. The Labute approximate surface area is 179 Å². The first-order valence-electron chi connectivity index (χ1n) is 10.5. The van der Waals surface area contributed by atoms with E-state index >= 15 is 0 Å². The maximum absolute atomic E-state index is 13.7. The number of carbonyl (C=O) groups excluding carboxylic acids is 1. The smallest absolute Gasteiger partial charge is 0.374 e. The molecule has 0 spiro atoms. The second-order valence-electron chi connectivity index (χ2n) is 7.88. The van der Waals surface area contributed by atoms with E-state index in [1.54, 1.807) is 18.2 Å². The first-order valence-corrected chi connectivity index (χ1v) is 10.5. The van der Waals surface area contributed by atoms with Gasteiger partial charge in [0.25, 0.3) is 5.95 Å². The summed E-state index contributed by atoms with van der Waals surface area (Å²) in [6.07, 6.45) is 8.88. The van der Waals surface area contributed by atoms with Crippen molar-refractivity contribution in [3.05, 3.63) is 88.3 Å². The van der Waals surface area contributed by atoms with Crippen molar-refractivity contribution in [1.82, 2.24) is 0 Å². The van der Waals surface area contributed by atoms with E-state index < -0.39 is 5.97 Å². The molecule has 5 nitrogen and oxygen atoms in total. The van der Waals surface area contributed by atoms with Crippen LogP contribution in [0, 0.1) is 11.7 Å². The maximum Gasteiger partial charge on any atom is 0.374 e. The molecule has 3 aliphatic rings. The summed E-state index contributed by atoms with van der Waals surface area (Å²) in [4.78, 5) is 16.6. The number of aliphatic imine (C=N–C) groups is 1. The Bertz CT molecular complexity index is 1170. The summed E-state index contributed by atoms with van der Waals surface area (Å²) < 4.78 is 29.9. The molecule has 1 aromatic carbocycles. The Morgan fingerprint density at radius 1 is 1.23 bits per heavy atom. The Kier molecular flexibility index (Phi) is 5.06. The van der Waals surface area contributed by atoms with Gasteiger partial charge in [-0.3, -0.25) is 0 Å². The van der Waals surface area contributed by atoms with Gasteiger partial charge in [0.2, 0.25) is 5.76 Å². The van der Waals surface area contributed by atoms with E-state index in [1.165, 1.54) is 24.8 Å². The van der Waals surface area contributed by atoms with Crippen LogP contribution in [0.4, 0.5) is 4.39 Å². The van der Waals surface area contributed by atoms with Crippen LogP contribution in [-0.4, -0.2) is 18.8 Å². The van der Waals surface area contributed by atoms with Crippen LogP contribution in [0.1, 0.15) is 41.8 Å². The molecule has 0 saturated heterocycles. The van der Waals surface area contributed by atoms with Crippen LogP contribution < -0.4 is 4.74 Å². The molecular formula is C25H22FNO4. The molecule has 0 radical (unpaired) electrons. The molecule has 0 amide bonds. The maximum atomic E-state index is 13.7. The molecular weight excluding hydrogens is 397 g/mol. The molecule has 2 aliphatic carbocycles. The number of fused-ring (bicyclic) bond motifs is 2. The van der Waals surface area contributed by atoms with E-state index in [4.69, 9.17) is 14.1 Å². The number of allylic oxidation sites excluding steroid dienone is 4. The number of furan rings is 1. The van der Waals surface area contributed by atoms with E-state index in [0.29, 0.717) is 12.2 Å². The Morgan fingerprint density at radius 2 is 2.10 bits per heavy atom. The second kappa shape index (κ2) is 8.02. The zero-order valence-electron chi connectivity index (χ0n) is 17.2. The average molecular weight is 419 g/mol. The van der Waals surface area contributed by atoms with Gasteiger partial charge in [0.05, 0.1) is 7.11 Å². The van der Waals surface area contributed by atoms with Crippen molar-refractivity contribution in [3.8, 4) is 5.95 Å². The van der Waals surface area contributed by atoms with Crippen LogP contribution in [-0.2, 0) is 11.2 Å². The average Bonchev–Trinajstić information content (AvgIpc) is 3.40. The predicted molar refractivity (Wildman–Crippen MR) is 113 cm³/mol. The quantitative estimate of drug-likeness (QED) is 0.596. The molecule has 0 bridgehead atoms. The van der Waals surface area contributed by atoms with Crippen LogP contribution in [0.15, 0.2) is 80.6 Å². The van der Waals surface area contributed by atoms with Gasteiger partial charge in [-0.2, -0.15) is 0 Å². The summed E-state index contributed by atoms with van der Waals surface area (Å²) >= 11 is 0. The number of benzene rings is 1. The number of methoxy groups -OCH3 is 1. The van der Waals surface area contributed by atoms with Gasteiger partial charge in [-0.15, -0.1) is 0 Å². The van der Waals surface area contributed by atoms with E-state index in [0.717, 1.165) is 48.2 Å². The molecule has 1 atom stereocenters. The fourth-order valence-electron chi connectivity index (χ4n) is 4.47. The lowest BCUT2D eigenvalue weighted by molar-refractivity contribution is 0.0559. The number of hydrogen-bond donors (Lipinski definition) is 0. The summed E-state index contributed by atoms with van der Waals surface area (Å²) in [7, 11) is 1.30. The van der Waals surface area contributed by atoms with Crippen molar-refractivity contribution >= 4 is 11.7 Å². The molecule has 1 unspecified atom stereocenters. The number of ether oxygens (including phenoxy) is 2. The first kappa shape index (κ1) is 19.5. The molecule has 2 aromatic rings. The molecule has 1 aromatic heterocycles. The molecule has 6 heteroatoms. The van der Waals surface area contributed by atoms with Crippen molar-refractivity contribution < 1.29 is 23.1 Å². The minimum absolute atomic E-state index is 0.0804. The molecule has 0 N–H and O–H groups in total. The van der Waals surface area contributed by atoms with Crippen molar-refractivity contribution in [1.29, 1.82) is 0 Å². The normalized spacial score (nSPS) is 19.8. The lowest BCUT2D eigenvalue weighted by Gasteiger charge is -2.24. The zero-order chi connectivity index (χ0) is 21.4. The highest BCUT2D eigenvalue weighted by Crippen LogP contribution is 2.43. The van der Waals surface area contributed by atoms with Gasteiger partial charge in [0.15, 0.2) is 5.76 Å². The summed E-state index contributed by atoms with van der Waals surface area (Å²) in [6, 6.07) is 9.85. The predicted octanol–water partition coefficient (Wildman–Crippen LogP) is 5.55. The molecule has 1 aliphatic heterocycles. The Hall–Kier alpha value is -3.41. The Morgan fingerprint density at radius 3 is 2.94 bits per heavy atom. The van der Waals surface area contributed by atoms with E-state index in [-0.39, 0.29) is 23.4 Å². The van der Waals surface area contributed by atoms with Gasteiger partial charge >= 0.3 is 5.97 Å². The lowest BCUT2D eigenvalue weighted by atomic mass is 9.81. The third-order valence-electron chi connectivity index (χ3n) is 5.87.